The molecule has 0 aliphatic rings. The summed E-state index contributed by atoms with van der Waals surface area (Å²) in [6.45, 7) is 3.31. The molecule has 2 N–H and O–H groups in total. The fourth-order valence-electron chi connectivity index (χ4n) is 0.971. The highest BCUT2D eigenvalue weighted by atomic mass is 16.2. The second kappa shape index (κ2) is 5.37. The first-order valence-corrected chi connectivity index (χ1v) is 4.46. The summed E-state index contributed by atoms with van der Waals surface area (Å²) in [6, 6.07) is 3.72. The Morgan fingerprint density at radius 1 is 1.38 bits per heavy atom. The van der Waals surface area contributed by atoms with Gasteiger partial charge in [0.2, 0.25) is 0 Å². The van der Waals surface area contributed by atoms with Crippen LogP contribution < -0.4 is 10.7 Å². The third-order valence-electron chi connectivity index (χ3n) is 1.57. The molecule has 13 heavy (non-hydrogen) atoms. The summed E-state index contributed by atoms with van der Waals surface area (Å²) in [5.74, 6) is -0.0235. The molecule has 0 saturated heterocycles. The highest BCUT2D eigenvalue weighted by Gasteiger charge is 1.98. The van der Waals surface area contributed by atoms with Gasteiger partial charge in [0.25, 0.3) is 5.91 Å². The van der Waals surface area contributed by atoms with E-state index in [1.807, 2.05) is 12.1 Å². The zero-order valence-corrected chi connectivity index (χ0v) is 7.79. The van der Waals surface area contributed by atoms with Gasteiger partial charge < -0.3 is 5.32 Å². The van der Waals surface area contributed by atoms with E-state index in [4.69, 9.17) is 0 Å². The molecule has 1 amide bonds. The molecule has 0 atom stereocenters. The third-order valence-corrected chi connectivity index (χ3v) is 1.57. The van der Waals surface area contributed by atoms with E-state index in [1.165, 1.54) is 0 Å². The van der Waals surface area contributed by atoms with Crippen molar-refractivity contribution in [3.8, 4) is 0 Å². The quantitative estimate of drug-likeness (QED) is 0.652. The summed E-state index contributed by atoms with van der Waals surface area (Å²) in [6.07, 6.45) is 4.62. The van der Waals surface area contributed by atoms with E-state index < -0.39 is 0 Å². The molecule has 1 aromatic heterocycles. The lowest BCUT2D eigenvalue weighted by Crippen LogP contribution is -2.32. The second-order valence-electron chi connectivity index (χ2n) is 2.80. The van der Waals surface area contributed by atoms with Gasteiger partial charge in [-0.2, -0.15) is 0 Å². The molecule has 0 fully saturated rings. The van der Waals surface area contributed by atoms with E-state index in [0.717, 1.165) is 13.0 Å². The number of nitrogens with one attached hydrogen (secondary N) is 2. The molecule has 0 bridgehead atoms. The van der Waals surface area contributed by atoms with Gasteiger partial charge >= 0.3 is 0 Å². The Morgan fingerprint density at radius 3 is 2.69 bits per heavy atom. The normalized spacial score (nSPS) is 9.92. The van der Waals surface area contributed by atoms with Crippen molar-refractivity contribution in [3.05, 3.63) is 24.5 Å². The summed E-state index contributed by atoms with van der Waals surface area (Å²) in [7, 11) is 0. The monoisotopic (exact) mass is 181 g/mol. The molecule has 0 aromatic carbocycles. The van der Waals surface area contributed by atoms with Crippen molar-refractivity contribution in [3.63, 3.8) is 0 Å². The van der Waals surface area contributed by atoms with Crippen LogP contribution in [-0.2, 0) is 4.79 Å². The van der Waals surface area contributed by atoms with Crippen LogP contribution in [0.25, 0.3) is 0 Å². The minimum Gasteiger partial charge on any atom is -0.308 e. The summed E-state index contributed by atoms with van der Waals surface area (Å²) < 4.78 is 1.63. The number of rotatable bonds is 5. The molecule has 1 aromatic rings. The maximum absolute atomic E-state index is 11.2. The first-order valence-electron chi connectivity index (χ1n) is 4.46. The largest absolute Gasteiger partial charge is 0.308 e. The number of amides is 1. The van der Waals surface area contributed by atoms with Crippen LogP contribution in [0.1, 0.15) is 13.3 Å². The molecule has 1 rings (SSSR count). The average molecular weight is 181 g/mol. The predicted molar refractivity (Wildman–Crippen MR) is 52.0 cm³/mol. The van der Waals surface area contributed by atoms with Crippen LogP contribution in [0, 0.1) is 0 Å². The van der Waals surface area contributed by atoms with Crippen molar-refractivity contribution in [1.29, 1.82) is 0 Å². The van der Waals surface area contributed by atoms with Crippen molar-refractivity contribution in [2.45, 2.75) is 13.3 Å². The fourth-order valence-corrected chi connectivity index (χ4v) is 0.971. The van der Waals surface area contributed by atoms with Crippen molar-refractivity contribution in [2.75, 3.05) is 18.5 Å². The molecule has 4 nitrogen and oxygen atoms in total. The number of carbonyl (C=O) groups is 1. The SMILES string of the molecule is CCCNCC(=O)Nn1cccc1. The number of hydrogen-bond donors (Lipinski definition) is 2. The van der Waals surface area contributed by atoms with Crippen molar-refractivity contribution in [1.82, 2.24) is 9.99 Å². The Hall–Kier alpha value is -1.29. The van der Waals surface area contributed by atoms with Gasteiger partial charge in [0, 0.05) is 12.4 Å². The molecular formula is C9H15N3O. The highest BCUT2D eigenvalue weighted by Crippen LogP contribution is 1.84. The zero-order chi connectivity index (χ0) is 9.52. The average Bonchev–Trinajstić information content (AvgIpc) is 2.57. The lowest BCUT2D eigenvalue weighted by Gasteiger charge is -2.06. The number of carbonyl (C=O) groups excluding carboxylic acids is 1. The minimum absolute atomic E-state index is 0.0235. The molecule has 4 heteroatoms. The summed E-state index contributed by atoms with van der Waals surface area (Å²) in [5, 5.41) is 3.02. The van der Waals surface area contributed by atoms with Crippen LogP contribution >= 0.6 is 0 Å². The van der Waals surface area contributed by atoms with Gasteiger partial charge in [0.1, 0.15) is 0 Å². The molecule has 0 aliphatic carbocycles. The van der Waals surface area contributed by atoms with E-state index in [-0.39, 0.29) is 5.91 Å². The summed E-state index contributed by atoms with van der Waals surface area (Å²) in [5.41, 5.74) is 2.70. The Labute approximate surface area is 77.9 Å². The molecule has 0 saturated carbocycles. The van der Waals surface area contributed by atoms with Crippen LogP contribution in [-0.4, -0.2) is 23.7 Å². The first-order chi connectivity index (χ1) is 6.33. The first kappa shape index (κ1) is 9.80. The van der Waals surface area contributed by atoms with Gasteiger partial charge in [-0.15, -0.1) is 0 Å². The smallest absolute Gasteiger partial charge is 0.252 e. The van der Waals surface area contributed by atoms with Crippen LogP contribution in [0.5, 0.6) is 0 Å². The zero-order valence-electron chi connectivity index (χ0n) is 7.79. The maximum Gasteiger partial charge on any atom is 0.252 e. The van der Waals surface area contributed by atoms with Gasteiger partial charge in [0.05, 0.1) is 6.54 Å². The molecule has 0 radical (unpaired) electrons. The van der Waals surface area contributed by atoms with Crippen molar-refractivity contribution in [2.24, 2.45) is 0 Å². The van der Waals surface area contributed by atoms with Crippen molar-refractivity contribution >= 4 is 5.91 Å². The van der Waals surface area contributed by atoms with E-state index >= 15 is 0 Å². The van der Waals surface area contributed by atoms with Gasteiger partial charge in [-0.25, -0.2) is 0 Å². The molecule has 72 valence electrons. The van der Waals surface area contributed by atoms with Crippen LogP contribution in [0.2, 0.25) is 0 Å². The van der Waals surface area contributed by atoms with Gasteiger partial charge in [0.15, 0.2) is 0 Å². The lowest BCUT2D eigenvalue weighted by molar-refractivity contribution is -0.116. The summed E-state index contributed by atoms with van der Waals surface area (Å²) >= 11 is 0. The Kier molecular flexibility index (Phi) is 4.05. The Morgan fingerprint density at radius 2 is 2.08 bits per heavy atom. The summed E-state index contributed by atoms with van der Waals surface area (Å²) in [4.78, 5) is 11.2. The molecule has 1 heterocycles. The number of aromatic nitrogens is 1. The molecule has 0 unspecified atom stereocenters. The topological polar surface area (TPSA) is 46.1 Å². The second-order valence-corrected chi connectivity index (χ2v) is 2.80. The molecule has 0 aliphatic heterocycles. The number of hydrogen-bond acceptors (Lipinski definition) is 2. The Bertz CT molecular complexity index is 243. The van der Waals surface area contributed by atoms with E-state index in [9.17, 15) is 4.79 Å². The third kappa shape index (κ3) is 3.75. The molecule has 0 spiro atoms. The van der Waals surface area contributed by atoms with E-state index in [2.05, 4.69) is 17.7 Å². The highest BCUT2D eigenvalue weighted by molar-refractivity contribution is 5.85. The van der Waals surface area contributed by atoms with Gasteiger partial charge in [-0.1, -0.05) is 6.92 Å². The fraction of sp³-hybridized carbons (Fsp3) is 0.444. The van der Waals surface area contributed by atoms with Gasteiger partial charge in [-0.3, -0.25) is 14.9 Å². The minimum atomic E-state index is -0.0235. The van der Waals surface area contributed by atoms with Crippen LogP contribution in [0.4, 0.5) is 0 Å². The van der Waals surface area contributed by atoms with E-state index in [0.29, 0.717) is 6.54 Å². The van der Waals surface area contributed by atoms with Gasteiger partial charge in [-0.05, 0) is 25.1 Å². The van der Waals surface area contributed by atoms with Crippen LogP contribution in [0.15, 0.2) is 24.5 Å². The number of nitrogens with zero attached hydrogens (tertiary/aromatic N) is 1. The maximum atomic E-state index is 11.2. The lowest BCUT2D eigenvalue weighted by atomic mass is 10.5. The van der Waals surface area contributed by atoms with Crippen LogP contribution in [0.3, 0.4) is 0 Å². The van der Waals surface area contributed by atoms with E-state index in [1.54, 1.807) is 17.1 Å². The standard InChI is InChI=1S/C9H15N3O/c1-2-5-10-8-9(13)11-12-6-3-4-7-12/h3-4,6-7,10H,2,5,8H2,1H3,(H,11,13). The Balaban J connectivity index is 2.18. The predicted octanol–water partition coefficient (Wildman–Crippen LogP) is 0.558. The molecular weight excluding hydrogens is 166 g/mol. The van der Waals surface area contributed by atoms with Crippen molar-refractivity contribution < 1.29 is 4.79 Å².